The van der Waals surface area contributed by atoms with Gasteiger partial charge >= 0.3 is 6.09 Å². The summed E-state index contributed by atoms with van der Waals surface area (Å²) in [7, 11) is 0. The molecular formula is C16H13FN6O4. The second kappa shape index (κ2) is 7.91. The monoisotopic (exact) mass is 372 g/mol. The highest BCUT2D eigenvalue weighted by molar-refractivity contribution is 6.09. The number of benzene rings is 1. The lowest BCUT2D eigenvalue weighted by molar-refractivity contribution is 0.101. The third-order valence-electron chi connectivity index (χ3n) is 3.36. The molecule has 2 aromatic heterocycles. The molecule has 0 bridgehead atoms. The number of carbonyl (C=O) groups excluding carboxylic acids is 1. The van der Waals surface area contributed by atoms with E-state index in [0.29, 0.717) is 5.69 Å². The molecule has 0 aliphatic carbocycles. The molecular weight excluding hydrogens is 359 g/mol. The van der Waals surface area contributed by atoms with Crippen molar-refractivity contribution < 1.29 is 23.6 Å². The molecule has 0 atom stereocenters. The maximum atomic E-state index is 14.2. The lowest BCUT2D eigenvalue weighted by Gasteiger charge is -2.13. The molecule has 4 N–H and O–H groups in total. The minimum Gasteiger partial charge on any atom is -0.465 e. The Labute approximate surface area is 151 Å². The van der Waals surface area contributed by atoms with Crippen LogP contribution in [0, 0.1) is 5.82 Å². The molecule has 0 saturated heterocycles. The van der Waals surface area contributed by atoms with Crippen LogP contribution in [-0.4, -0.2) is 32.5 Å². The average Bonchev–Trinajstić information content (AvgIpc) is 3.09. The van der Waals surface area contributed by atoms with Crippen molar-refractivity contribution in [2.75, 3.05) is 16.0 Å². The normalized spacial score (nSPS) is 10.3. The van der Waals surface area contributed by atoms with Crippen LogP contribution in [0.4, 0.5) is 26.2 Å². The van der Waals surface area contributed by atoms with Gasteiger partial charge in [0.05, 0.1) is 23.6 Å². The number of nitrogens with one attached hydrogen (secondary N) is 3. The molecule has 1 aromatic carbocycles. The first kappa shape index (κ1) is 17.8. The molecule has 138 valence electrons. The third-order valence-corrected chi connectivity index (χ3v) is 3.36. The Morgan fingerprint density at radius 1 is 1.15 bits per heavy atom. The smallest absolute Gasteiger partial charge is 0.409 e. The zero-order chi connectivity index (χ0) is 19.2. The van der Waals surface area contributed by atoms with Gasteiger partial charge < -0.3 is 20.3 Å². The Kier molecular flexibility index (Phi) is 5.21. The highest BCUT2D eigenvalue weighted by Crippen LogP contribution is 2.26. The van der Waals surface area contributed by atoms with Gasteiger partial charge in [0, 0.05) is 6.20 Å². The fourth-order valence-corrected chi connectivity index (χ4v) is 2.20. The van der Waals surface area contributed by atoms with E-state index in [1.165, 1.54) is 24.4 Å². The second-order valence-electron chi connectivity index (χ2n) is 5.19. The van der Waals surface area contributed by atoms with Gasteiger partial charge in [-0.15, -0.1) is 0 Å². The van der Waals surface area contributed by atoms with E-state index in [9.17, 15) is 14.0 Å². The summed E-state index contributed by atoms with van der Waals surface area (Å²) in [6.45, 7) is 0.174. The van der Waals surface area contributed by atoms with Crippen LogP contribution in [0.5, 0.6) is 0 Å². The summed E-state index contributed by atoms with van der Waals surface area (Å²) in [4.78, 5) is 23.1. The molecule has 0 spiro atoms. The molecule has 0 unspecified atom stereocenters. The predicted molar refractivity (Wildman–Crippen MR) is 91.9 cm³/mol. The number of amides is 2. The van der Waals surface area contributed by atoms with Gasteiger partial charge in [-0.25, -0.2) is 9.18 Å². The van der Waals surface area contributed by atoms with E-state index in [1.807, 2.05) is 5.32 Å². The Bertz CT molecular complexity index is 963. The lowest BCUT2D eigenvalue weighted by atomic mass is 10.2. The predicted octanol–water partition coefficient (Wildman–Crippen LogP) is 2.56. The molecule has 0 aliphatic rings. The van der Waals surface area contributed by atoms with Gasteiger partial charge in [-0.3, -0.25) is 10.1 Å². The molecule has 11 heteroatoms. The Balaban J connectivity index is 1.79. The topological polar surface area (TPSA) is 142 Å². The molecule has 0 radical (unpaired) electrons. The van der Waals surface area contributed by atoms with Gasteiger partial charge in [0.1, 0.15) is 17.8 Å². The highest BCUT2D eigenvalue weighted by atomic mass is 19.1. The summed E-state index contributed by atoms with van der Waals surface area (Å²) < 4.78 is 18.8. The van der Waals surface area contributed by atoms with Crippen molar-refractivity contribution in [3.05, 3.63) is 60.0 Å². The maximum absolute atomic E-state index is 14.2. The summed E-state index contributed by atoms with van der Waals surface area (Å²) in [5.74, 6) is -1.37. The van der Waals surface area contributed by atoms with E-state index in [2.05, 4.69) is 30.5 Å². The van der Waals surface area contributed by atoms with E-state index < -0.39 is 17.8 Å². The Morgan fingerprint density at radius 2 is 2.00 bits per heavy atom. The number of hydrogen-bond donors (Lipinski definition) is 4. The van der Waals surface area contributed by atoms with Gasteiger partial charge in [-0.2, -0.15) is 10.2 Å². The van der Waals surface area contributed by atoms with E-state index in [0.717, 1.165) is 6.26 Å². The number of rotatable bonds is 6. The van der Waals surface area contributed by atoms with Crippen molar-refractivity contribution in [2.45, 2.75) is 6.54 Å². The first-order valence-corrected chi connectivity index (χ1v) is 7.59. The van der Waals surface area contributed by atoms with Crippen LogP contribution >= 0.6 is 0 Å². The molecule has 2 amide bonds. The van der Waals surface area contributed by atoms with Crippen LogP contribution in [0.2, 0.25) is 0 Å². The maximum Gasteiger partial charge on any atom is 0.409 e. The quantitative estimate of drug-likeness (QED) is 0.517. The lowest BCUT2D eigenvalue weighted by Crippen LogP contribution is -2.18. The number of para-hydroxylation sites is 1. The Hall–Kier alpha value is -4.02. The van der Waals surface area contributed by atoms with E-state index in [-0.39, 0.29) is 29.3 Å². The number of halogens is 1. The molecule has 3 aromatic rings. The summed E-state index contributed by atoms with van der Waals surface area (Å²) in [5, 5.41) is 27.1. The summed E-state index contributed by atoms with van der Waals surface area (Å²) in [6, 6.07) is 7.51. The minimum absolute atomic E-state index is 0.0349. The summed E-state index contributed by atoms with van der Waals surface area (Å²) in [6.07, 6.45) is 1.10. The van der Waals surface area contributed by atoms with Crippen molar-refractivity contribution in [1.82, 2.24) is 15.4 Å². The number of carbonyl (C=O) groups is 2. The first-order valence-electron chi connectivity index (χ1n) is 7.59. The summed E-state index contributed by atoms with van der Waals surface area (Å²) in [5.41, 5.74) is 0.315. The van der Waals surface area contributed by atoms with Crippen LogP contribution in [0.25, 0.3) is 0 Å². The van der Waals surface area contributed by atoms with Gasteiger partial charge in [-0.1, -0.05) is 11.2 Å². The molecule has 27 heavy (non-hydrogen) atoms. The highest BCUT2D eigenvalue weighted by Gasteiger charge is 2.20. The van der Waals surface area contributed by atoms with Crippen molar-refractivity contribution in [1.29, 1.82) is 0 Å². The van der Waals surface area contributed by atoms with E-state index in [1.54, 1.807) is 12.1 Å². The van der Waals surface area contributed by atoms with Gasteiger partial charge in [0.2, 0.25) is 0 Å². The fraction of sp³-hybridized carbons (Fsp3) is 0.0625. The third kappa shape index (κ3) is 4.34. The van der Waals surface area contributed by atoms with Crippen molar-refractivity contribution in [3.8, 4) is 0 Å². The number of nitrogens with zero attached hydrogens (tertiary/aromatic N) is 3. The average molecular weight is 372 g/mol. The molecule has 10 nitrogen and oxygen atoms in total. The van der Waals surface area contributed by atoms with E-state index >= 15 is 0 Å². The standard InChI is InChI=1S/C16H13FN6O4/c17-10-4-1-5-11(13(10)18-7-9-3-2-6-19-22-9)20-15(24)14-12(8-27-23-14)21-16(25)26/h1-6,8,18,21H,7H2,(H,20,24)(H,25,26). The zero-order valence-electron chi connectivity index (χ0n) is 13.6. The SMILES string of the molecule is O=C(O)Nc1conc1C(=O)Nc1cccc(F)c1NCc1cccnn1. The molecule has 0 saturated carbocycles. The van der Waals surface area contributed by atoms with Crippen LogP contribution < -0.4 is 16.0 Å². The molecule has 0 aliphatic heterocycles. The number of anilines is 3. The van der Waals surface area contributed by atoms with Gasteiger partial charge in [-0.05, 0) is 24.3 Å². The van der Waals surface area contributed by atoms with Crippen molar-refractivity contribution in [2.24, 2.45) is 0 Å². The number of hydrogen-bond acceptors (Lipinski definition) is 7. The zero-order valence-corrected chi connectivity index (χ0v) is 13.6. The van der Waals surface area contributed by atoms with Crippen LogP contribution in [0.3, 0.4) is 0 Å². The van der Waals surface area contributed by atoms with Gasteiger partial charge in [0.15, 0.2) is 5.69 Å². The Morgan fingerprint density at radius 3 is 2.74 bits per heavy atom. The first-order chi connectivity index (χ1) is 13.0. The molecule has 2 heterocycles. The second-order valence-corrected chi connectivity index (χ2v) is 5.19. The summed E-state index contributed by atoms with van der Waals surface area (Å²) >= 11 is 0. The number of carboxylic acid groups (broad SMARTS) is 1. The van der Waals surface area contributed by atoms with Crippen LogP contribution in [0.1, 0.15) is 16.2 Å². The van der Waals surface area contributed by atoms with Crippen molar-refractivity contribution in [3.63, 3.8) is 0 Å². The number of aromatic nitrogens is 3. The van der Waals surface area contributed by atoms with E-state index in [4.69, 9.17) is 5.11 Å². The van der Waals surface area contributed by atoms with Crippen LogP contribution in [0.15, 0.2) is 47.3 Å². The fourth-order valence-electron chi connectivity index (χ4n) is 2.20. The largest absolute Gasteiger partial charge is 0.465 e. The van der Waals surface area contributed by atoms with Crippen molar-refractivity contribution >= 4 is 29.1 Å². The molecule has 3 rings (SSSR count). The van der Waals surface area contributed by atoms with Crippen LogP contribution in [-0.2, 0) is 6.54 Å². The van der Waals surface area contributed by atoms with Gasteiger partial charge in [0.25, 0.3) is 5.91 Å². The minimum atomic E-state index is -1.38. The molecule has 0 fully saturated rings.